The average Bonchev–Trinajstić information content (AvgIpc) is 3.53. The zero-order chi connectivity index (χ0) is 28.3. The van der Waals surface area contributed by atoms with Crippen molar-refractivity contribution in [1.29, 1.82) is 0 Å². The van der Waals surface area contributed by atoms with Gasteiger partial charge in [0.15, 0.2) is 5.82 Å². The molecule has 2 aromatic rings. The van der Waals surface area contributed by atoms with Crippen LogP contribution in [0.1, 0.15) is 35.7 Å². The van der Waals surface area contributed by atoms with Crippen LogP contribution < -0.4 is 21.4 Å². The number of amides is 1. The van der Waals surface area contributed by atoms with Crippen molar-refractivity contribution >= 4 is 61.1 Å². The van der Waals surface area contributed by atoms with Gasteiger partial charge in [0.2, 0.25) is 5.43 Å². The molecule has 38 heavy (non-hydrogen) atoms. The van der Waals surface area contributed by atoms with Gasteiger partial charge in [0.25, 0.3) is 0 Å². The number of nitrogens with two attached hydrogens (primary N) is 1. The highest BCUT2D eigenvalue weighted by Gasteiger charge is 2.47. The number of nitrogens with zero attached hydrogens (tertiary/aromatic N) is 2. The third kappa shape index (κ3) is 5.25. The summed E-state index contributed by atoms with van der Waals surface area (Å²) in [4.78, 5) is 74.3. The lowest BCUT2D eigenvalue weighted by atomic mass is 10.1. The molecule has 1 aromatic heterocycles. The molecule has 1 saturated carbocycles. The maximum atomic E-state index is 15.5. The SMILES string of the molecule is Nc1c(F)c(N2CCC(NC(=O)OC(P(=O)(O)O)P(=O)(O)O)C2)c(Cl)c2c1c(=O)c(C(=O)O)cn2C1CC1. The number of hydrogen-bond donors (Lipinski definition) is 7. The molecule has 1 aromatic carbocycles. The van der Waals surface area contributed by atoms with E-state index in [1.165, 1.54) is 9.47 Å². The van der Waals surface area contributed by atoms with E-state index in [2.05, 4.69) is 10.1 Å². The first-order valence-electron chi connectivity index (χ1n) is 10.9. The molecular weight excluding hydrogens is 577 g/mol. The molecule has 0 spiro atoms. The number of aromatic carboxylic acids is 1. The van der Waals surface area contributed by atoms with E-state index < -0.39 is 61.4 Å². The van der Waals surface area contributed by atoms with E-state index in [4.69, 9.17) is 36.9 Å². The molecule has 1 aliphatic heterocycles. The topological polar surface area (TPSA) is 242 Å². The van der Waals surface area contributed by atoms with Gasteiger partial charge in [-0.15, -0.1) is 0 Å². The molecule has 0 bridgehead atoms. The summed E-state index contributed by atoms with van der Waals surface area (Å²) in [5.74, 6) is -2.60. The minimum Gasteiger partial charge on any atom is -0.477 e. The number of ether oxygens (including phenoxy) is 1. The van der Waals surface area contributed by atoms with Gasteiger partial charge in [-0.25, -0.2) is 14.0 Å². The lowest BCUT2D eigenvalue weighted by Gasteiger charge is -2.25. The van der Waals surface area contributed by atoms with Gasteiger partial charge in [0.1, 0.15) is 5.56 Å². The Morgan fingerprint density at radius 1 is 1.18 bits per heavy atom. The van der Waals surface area contributed by atoms with Crippen LogP contribution in [0.15, 0.2) is 11.0 Å². The lowest BCUT2D eigenvalue weighted by molar-refractivity contribution is 0.0694. The summed E-state index contributed by atoms with van der Waals surface area (Å²) in [5.41, 5.74) is 0.604. The minimum absolute atomic E-state index is 0.0556. The average molecular weight is 599 g/mol. The Bertz CT molecular complexity index is 1480. The summed E-state index contributed by atoms with van der Waals surface area (Å²) in [7, 11) is -11.0. The quantitative estimate of drug-likeness (QED) is 0.176. The molecule has 15 nitrogen and oxygen atoms in total. The van der Waals surface area contributed by atoms with Gasteiger partial charge in [-0.3, -0.25) is 13.9 Å². The summed E-state index contributed by atoms with van der Waals surface area (Å²) < 4.78 is 43.9. The summed E-state index contributed by atoms with van der Waals surface area (Å²) in [6.45, 7) is -0.0537. The van der Waals surface area contributed by atoms with Gasteiger partial charge in [0.05, 0.1) is 33.3 Å². The molecule has 1 atom stereocenters. The molecular formula is C19H22ClFN4O11P2. The van der Waals surface area contributed by atoms with Crippen LogP contribution in [0.5, 0.6) is 0 Å². The Kier molecular flexibility index (Phi) is 7.29. The summed E-state index contributed by atoms with van der Waals surface area (Å²) in [6, 6.07) is -1.01. The first-order valence-corrected chi connectivity index (χ1v) is 14.7. The van der Waals surface area contributed by atoms with Crippen molar-refractivity contribution in [2.45, 2.75) is 36.9 Å². The van der Waals surface area contributed by atoms with Gasteiger partial charge in [0, 0.05) is 25.3 Å². The maximum absolute atomic E-state index is 15.5. The number of fused-ring (bicyclic) bond motifs is 1. The second-order valence-electron chi connectivity index (χ2n) is 8.92. The smallest absolute Gasteiger partial charge is 0.408 e. The van der Waals surface area contributed by atoms with Crippen molar-refractivity contribution < 1.29 is 52.5 Å². The Labute approximate surface area is 217 Å². The third-order valence-electron chi connectivity index (χ3n) is 6.15. The van der Waals surface area contributed by atoms with Crippen molar-refractivity contribution in [2.75, 3.05) is 23.7 Å². The maximum Gasteiger partial charge on any atom is 0.408 e. The number of carboxylic acid groups (broad SMARTS) is 1. The molecule has 0 radical (unpaired) electrons. The number of carbonyl (C=O) groups excluding carboxylic acids is 1. The predicted molar refractivity (Wildman–Crippen MR) is 131 cm³/mol. The highest BCUT2D eigenvalue weighted by atomic mass is 35.5. The van der Waals surface area contributed by atoms with E-state index >= 15 is 4.39 Å². The second kappa shape index (κ2) is 9.79. The molecule has 4 rings (SSSR count). The summed E-state index contributed by atoms with van der Waals surface area (Å²) >= 11 is 6.57. The number of hydrogen-bond acceptors (Lipinski definition) is 8. The van der Waals surface area contributed by atoms with Gasteiger partial charge in [-0.05, 0) is 19.3 Å². The number of alkyl carbamates (subject to hydrolysis) is 1. The van der Waals surface area contributed by atoms with Crippen molar-refractivity contribution in [3.05, 3.63) is 32.8 Å². The molecule has 8 N–H and O–H groups in total. The highest BCUT2D eigenvalue weighted by Crippen LogP contribution is 2.60. The number of benzene rings is 1. The number of aromatic nitrogens is 1. The van der Waals surface area contributed by atoms with Crippen LogP contribution in [0.2, 0.25) is 5.02 Å². The third-order valence-corrected chi connectivity index (χ3v) is 9.67. The number of anilines is 2. The van der Waals surface area contributed by atoms with E-state index in [-0.39, 0.29) is 47.2 Å². The monoisotopic (exact) mass is 598 g/mol. The Balaban J connectivity index is 1.65. The van der Waals surface area contributed by atoms with Crippen molar-refractivity contribution in [3.63, 3.8) is 0 Å². The first-order chi connectivity index (χ1) is 17.5. The molecule has 1 amide bonds. The van der Waals surface area contributed by atoms with Crippen LogP contribution in [0.3, 0.4) is 0 Å². The fourth-order valence-corrected chi connectivity index (χ4v) is 6.76. The van der Waals surface area contributed by atoms with Gasteiger partial charge in [-0.2, -0.15) is 0 Å². The molecule has 19 heteroatoms. The van der Waals surface area contributed by atoms with Crippen molar-refractivity contribution in [2.24, 2.45) is 0 Å². The van der Waals surface area contributed by atoms with E-state index in [1.54, 1.807) is 0 Å². The van der Waals surface area contributed by atoms with Crippen LogP contribution in [-0.4, -0.2) is 66.0 Å². The van der Waals surface area contributed by atoms with Crippen LogP contribution >= 0.6 is 26.8 Å². The highest BCUT2D eigenvalue weighted by molar-refractivity contribution is 7.70. The zero-order valence-electron chi connectivity index (χ0n) is 19.2. The zero-order valence-corrected chi connectivity index (χ0v) is 21.7. The number of nitrogen functional groups attached to an aromatic ring is 1. The molecule has 1 unspecified atom stereocenters. The summed E-state index contributed by atoms with van der Waals surface area (Å²) in [5, 5.41) is 11.1. The van der Waals surface area contributed by atoms with Crippen molar-refractivity contribution in [3.8, 4) is 0 Å². The van der Waals surface area contributed by atoms with Crippen LogP contribution in [0.25, 0.3) is 10.9 Å². The summed E-state index contributed by atoms with van der Waals surface area (Å²) in [6.07, 6.45) is 1.08. The molecule has 2 heterocycles. The predicted octanol–water partition coefficient (Wildman–Crippen LogP) is 1.35. The first kappa shape index (κ1) is 28.3. The normalized spacial score (nSPS) is 18.3. The molecule has 2 aliphatic rings. The number of carbonyl (C=O) groups is 2. The number of nitrogens with one attached hydrogen (secondary N) is 1. The fraction of sp³-hybridized carbons (Fsp3) is 0.421. The second-order valence-corrected chi connectivity index (χ2v) is 13.0. The van der Waals surface area contributed by atoms with E-state index in [0.717, 1.165) is 6.20 Å². The lowest BCUT2D eigenvalue weighted by Crippen LogP contribution is -2.39. The minimum atomic E-state index is -5.52. The molecule has 2 fully saturated rings. The van der Waals surface area contributed by atoms with Crippen molar-refractivity contribution in [1.82, 2.24) is 9.88 Å². The van der Waals surface area contributed by atoms with Crippen LogP contribution in [0, 0.1) is 5.82 Å². The number of halogens is 2. The van der Waals surface area contributed by atoms with E-state index in [0.29, 0.717) is 12.8 Å². The standard InChI is InChI=1S/C19H22ClFN4O11P2/c20-11-14-10(16(26)9(17(27)28)6-25(14)8-1-2-8)13(22)12(21)15(11)24-4-3-7(5-24)23-18(29)36-19(37(30,31)32)38(33,34)35/h6-8,19H,1-5,22H2,(H,23,29)(H,27,28)(H2,30,31,32)(H2,33,34,35). The molecule has 1 saturated heterocycles. The number of carboxylic acids is 1. The number of rotatable bonds is 7. The van der Waals surface area contributed by atoms with Gasteiger partial charge >= 0.3 is 32.8 Å². The van der Waals surface area contributed by atoms with Crippen LogP contribution in [0.4, 0.5) is 20.6 Å². The Morgan fingerprint density at radius 3 is 2.32 bits per heavy atom. The molecule has 1 aliphatic carbocycles. The van der Waals surface area contributed by atoms with E-state index in [9.17, 15) is 28.6 Å². The number of pyridine rings is 1. The largest absolute Gasteiger partial charge is 0.477 e. The van der Waals surface area contributed by atoms with E-state index in [1.807, 2.05) is 0 Å². The van der Waals surface area contributed by atoms with Crippen LogP contribution in [-0.2, 0) is 13.9 Å². The Morgan fingerprint density at radius 2 is 1.79 bits per heavy atom. The Hall–Kier alpha value is -2.71. The fourth-order valence-electron chi connectivity index (χ4n) is 4.33. The van der Waals surface area contributed by atoms with Gasteiger partial charge in [-0.1, -0.05) is 11.6 Å². The molecule has 208 valence electrons. The van der Waals surface area contributed by atoms with Gasteiger partial charge < -0.3 is 49.9 Å².